The summed E-state index contributed by atoms with van der Waals surface area (Å²) in [6.07, 6.45) is 0.936. The summed E-state index contributed by atoms with van der Waals surface area (Å²) in [4.78, 5) is 4.81. The lowest BCUT2D eigenvalue weighted by Gasteiger charge is -2.20. The van der Waals surface area contributed by atoms with Crippen LogP contribution in [0.2, 0.25) is 0 Å². The normalized spacial score (nSPS) is 12.7. The molecule has 0 aliphatic carbocycles. The van der Waals surface area contributed by atoms with Crippen molar-refractivity contribution in [2.24, 2.45) is 0 Å². The maximum atomic E-state index is 5.45. The molecule has 5 nitrogen and oxygen atoms in total. The van der Waals surface area contributed by atoms with Gasteiger partial charge in [0.15, 0.2) is 11.5 Å². The van der Waals surface area contributed by atoms with Gasteiger partial charge in [0.1, 0.15) is 11.6 Å². The summed E-state index contributed by atoms with van der Waals surface area (Å²) in [7, 11) is 5.00. The van der Waals surface area contributed by atoms with E-state index in [0.717, 1.165) is 52.6 Å². The van der Waals surface area contributed by atoms with Crippen LogP contribution in [-0.2, 0) is 13.0 Å². The first-order valence-electron chi connectivity index (χ1n) is 7.54. The number of aryl methyl sites for hydroxylation is 2. The third-order valence-corrected chi connectivity index (χ3v) is 4.41. The van der Waals surface area contributed by atoms with Crippen molar-refractivity contribution in [1.29, 1.82) is 0 Å². The molecule has 1 aromatic heterocycles. The van der Waals surface area contributed by atoms with Crippen LogP contribution in [-0.4, -0.2) is 30.9 Å². The second kappa shape index (κ2) is 5.19. The molecule has 0 radical (unpaired) electrons. The number of benzene rings is 2. The maximum absolute atomic E-state index is 5.45. The number of rotatable bonds is 3. The van der Waals surface area contributed by atoms with Gasteiger partial charge in [-0.15, -0.1) is 0 Å². The molecule has 23 heavy (non-hydrogen) atoms. The standard InChI is InChI=1S/C18H18N2O3/c1-21-12-4-5-14-15(9-12)20-7-6-11-8-16(22-2)17(23-3)10-13(11)18(20)19-14/h4-5,8-10H,6-7H2,1-3H3. The second-order valence-corrected chi connectivity index (χ2v) is 5.56. The minimum Gasteiger partial charge on any atom is -0.497 e. The number of nitrogens with zero attached hydrogens (tertiary/aromatic N) is 2. The largest absolute Gasteiger partial charge is 0.497 e. The van der Waals surface area contributed by atoms with Crippen LogP contribution in [0.1, 0.15) is 5.56 Å². The maximum Gasteiger partial charge on any atom is 0.161 e. The van der Waals surface area contributed by atoms with Gasteiger partial charge in [-0.1, -0.05) is 0 Å². The molecule has 0 spiro atoms. The number of ether oxygens (including phenoxy) is 3. The van der Waals surface area contributed by atoms with Crippen LogP contribution in [0.4, 0.5) is 0 Å². The SMILES string of the molecule is COc1ccc2nc3n(c2c1)CCc1cc(OC)c(OC)cc1-3. The molecule has 1 aliphatic rings. The van der Waals surface area contributed by atoms with Crippen molar-refractivity contribution in [2.45, 2.75) is 13.0 Å². The predicted molar refractivity (Wildman–Crippen MR) is 88.5 cm³/mol. The number of aromatic nitrogens is 2. The van der Waals surface area contributed by atoms with Gasteiger partial charge in [0.2, 0.25) is 0 Å². The molecule has 4 rings (SSSR count). The molecule has 1 aliphatic heterocycles. The molecule has 0 amide bonds. The quantitative estimate of drug-likeness (QED) is 0.745. The number of fused-ring (bicyclic) bond motifs is 5. The Morgan fingerprint density at radius 1 is 0.957 bits per heavy atom. The molecule has 0 unspecified atom stereocenters. The zero-order chi connectivity index (χ0) is 16.0. The van der Waals surface area contributed by atoms with Crippen LogP contribution in [0, 0.1) is 0 Å². The summed E-state index contributed by atoms with van der Waals surface area (Å²) < 4.78 is 18.4. The van der Waals surface area contributed by atoms with Crippen molar-refractivity contribution in [1.82, 2.24) is 9.55 Å². The summed E-state index contributed by atoms with van der Waals surface area (Å²) in [6.45, 7) is 0.890. The van der Waals surface area contributed by atoms with Gasteiger partial charge in [-0.05, 0) is 36.2 Å². The van der Waals surface area contributed by atoms with Gasteiger partial charge in [0.05, 0.1) is 32.4 Å². The Balaban J connectivity index is 1.95. The summed E-state index contributed by atoms with van der Waals surface area (Å²) in [5, 5.41) is 0. The smallest absolute Gasteiger partial charge is 0.161 e. The van der Waals surface area contributed by atoms with Gasteiger partial charge in [0.25, 0.3) is 0 Å². The highest BCUT2D eigenvalue weighted by Crippen LogP contribution is 2.39. The predicted octanol–water partition coefficient (Wildman–Crippen LogP) is 3.29. The molecular formula is C18H18N2O3. The highest BCUT2D eigenvalue weighted by atomic mass is 16.5. The molecule has 3 aromatic rings. The number of hydrogen-bond acceptors (Lipinski definition) is 4. The first kappa shape index (κ1) is 13.9. The molecule has 0 bridgehead atoms. The van der Waals surface area contributed by atoms with E-state index in [4.69, 9.17) is 19.2 Å². The highest BCUT2D eigenvalue weighted by molar-refractivity contribution is 5.84. The molecule has 0 N–H and O–H groups in total. The monoisotopic (exact) mass is 310 g/mol. The van der Waals surface area contributed by atoms with Gasteiger partial charge >= 0.3 is 0 Å². The van der Waals surface area contributed by atoms with Crippen LogP contribution in [0.15, 0.2) is 30.3 Å². The molecule has 118 valence electrons. The number of hydrogen-bond donors (Lipinski definition) is 0. The van der Waals surface area contributed by atoms with Gasteiger partial charge in [-0.3, -0.25) is 0 Å². The van der Waals surface area contributed by atoms with Crippen LogP contribution >= 0.6 is 0 Å². The highest BCUT2D eigenvalue weighted by Gasteiger charge is 2.23. The van der Waals surface area contributed by atoms with Gasteiger partial charge in [0, 0.05) is 18.2 Å². The van der Waals surface area contributed by atoms with Crippen LogP contribution in [0.25, 0.3) is 22.4 Å². The van der Waals surface area contributed by atoms with Crippen molar-refractivity contribution in [3.8, 4) is 28.6 Å². The van der Waals surface area contributed by atoms with Crippen molar-refractivity contribution in [2.75, 3.05) is 21.3 Å². The molecular weight excluding hydrogens is 292 g/mol. The van der Waals surface area contributed by atoms with Crippen LogP contribution in [0.5, 0.6) is 17.2 Å². The molecule has 5 heteroatoms. The lowest BCUT2D eigenvalue weighted by Crippen LogP contribution is -2.11. The summed E-state index contributed by atoms with van der Waals surface area (Å²) in [5.74, 6) is 3.30. The average Bonchev–Trinajstić information content (AvgIpc) is 2.98. The van der Waals surface area contributed by atoms with Crippen LogP contribution in [0.3, 0.4) is 0 Å². The Kier molecular flexibility index (Phi) is 3.15. The van der Waals surface area contributed by atoms with E-state index in [1.165, 1.54) is 5.56 Å². The fourth-order valence-corrected chi connectivity index (χ4v) is 3.23. The Bertz CT molecular complexity index is 899. The summed E-state index contributed by atoms with van der Waals surface area (Å²) in [6, 6.07) is 10.0. The van der Waals surface area contributed by atoms with Crippen molar-refractivity contribution in [3.05, 3.63) is 35.9 Å². The summed E-state index contributed by atoms with van der Waals surface area (Å²) >= 11 is 0. The molecule has 0 fully saturated rings. The molecule has 0 saturated carbocycles. The minimum atomic E-state index is 0.726. The fourth-order valence-electron chi connectivity index (χ4n) is 3.23. The van der Waals surface area contributed by atoms with E-state index in [1.54, 1.807) is 21.3 Å². The van der Waals surface area contributed by atoms with E-state index in [9.17, 15) is 0 Å². The van der Waals surface area contributed by atoms with Crippen LogP contribution < -0.4 is 14.2 Å². The van der Waals surface area contributed by atoms with E-state index in [0.29, 0.717) is 0 Å². The molecule has 0 saturated heterocycles. The van der Waals surface area contributed by atoms with Gasteiger partial charge < -0.3 is 18.8 Å². The third-order valence-electron chi connectivity index (χ3n) is 4.41. The van der Waals surface area contributed by atoms with E-state index in [1.807, 2.05) is 24.3 Å². The second-order valence-electron chi connectivity index (χ2n) is 5.56. The number of imidazole rings is 1. The topological polar surface area (TPSA) is 45.5 Å². The summed E-state index contributed by atoms with van der Waals surface area (Å²) in [5.41, 5.74) is 4.41. The Labute approximate surface area is 134 Å². The fraction of sp³-hybridized carbons (Fsp3) is 0.278. The Morgan fingerprint density at radius 3 is 2.48 bits per heavy atom. The lowest BCUT2D eigenvalue weighted by atomic mass is 9.99. The zero-order valence-electron chi connectivity index (χ0n) is 13.4. The molecule has 2 heterocycles. The Morgan fingerprint density at radius 2 is 1.74 bits per heavy atom. The molecule has 2 aromatic carbocycles. The van der Waals surface area contributed by atoms with E-state index in [2.05, 4.69) is 10.6 Å². The van der Waals surface area contributed by atoms with Gasteiger partial charge in [-0.25, -0.2) is 4.98 Å². The van der Waals surface area contributed by atoms with Crippen molar-refractivity contribution >= 4 is 11.0 Å². The zero-order valence-corrected chi connectivity index (χ0v) is 13.4. The van der Waals surface area contributed by atoms with E-state index >= 15 is 0 Å². The first-order valence-corrected chi connectivity index (χ1v) is 7.54. The average molecular weight is 310 g/mol. The molecule has 0 atom stereocenters. The number of methoxy groups -OCH3 is 3. The minimum absolute atomic E-state index is 0.726. The van der Waals surface area contributed by atoms with Crippen molar-refractivity contribution < 1.29 is 14.2 Å². The van der Waals surface area contributed by atoms with E-state index in [-0.39, 0.29) is 0 Å². The first-order chi connectivity index (χ1) is 11.2. The Hall–Kier alpha value is -2.69. The van der Waals surface area contributed by atoms with Crippen molar-refractivity contribution in [3.63, 3.8) is 0 Å². The van der Waals surface area contributed by atoms with Gasteiger partial charge in [-0.2, -0.15) is 0 Å². The van der Waals surface area contributed by atoms with E-state index < -0.39 is 0 Å². The lowest BCUT2D eigenvalue weighted by molar-refractivity contribution is 0.354. The third kappa shape index (κ3) is 2.04.